The number of amides is 1. The van der Waals surface area contributed by atoms with Gasteiger partial charge in [-0.2, -0.15) is 0 Å². The van der Waals surface area contributed by atoms with Crippen molar-refractivity contribution in [3.8, 4) is 0 Å². The molecule has 2 N–H and O–H groups in total. The fourth-order valence-corrected chi connectivity index (χ4v) is 2.10. The van der Waals surface area contributed by atoms with Crippen LogP contribution in [0.15, 0.2) is 0 Å². The minimum atomic E-state index is -0.486. The maximum absolute atomic E-state index is 11.9. The summed E-state index contributed by atoms with van der Waals surface area (Å²) in [4.78, 5) is 16.3. The van der Waals surface area contributed by atoms with Gasteiger partial charge in [-0.3, -0.25) is 9.69 Å². The van der Waals surface area contributed by atoms with Gasteiger partial charge in [-0.1, -0.05) is 0 Å². The molecule has 1 amide bonds. The lowest BCUT2D eigenvalue weighted by atomic mass is 10.2. The van der Waals surface area contributed by atoms with E-state index in [0.717, 1.165) is 39.0 Å². The lowest BCUT2D eigenvalue weighted by molar-refractivity contribution is -0.135. The largest absolute Gasteiger partial charge is 0.339 e. The maximum atomic E-state index is 11.9. The van der Waals surface area contributed by atoms with Crippen LogP contribution in [0.2, 0.25) is 0 Å². The molecule has 0 aromatic rings. The number of nitrogens with two attached hydrogens (primary N) is 1. The van der Waals surface area contributed by atoms with Crippen LogP contribution in [-0.2, 0) is 4.79 Å². The SMILES string of the molecule is CC(C)N1CCN(C(=O)C2(N)CC2)CC1. The second-order valence-corrected chi connectivity index (χ2v) is 5.08. The Kier molecular flexibility index (Phi) is 2.73. The van der Waals surface area contributed by atoms with Gasteiger partial charge in [0.15, 0.2) is 0 Å². The van der Waals surface area contributed by atoms with Gasteiger partial charge in [-0.05, 0) is 26.7 Å². The number of carbonyl (C=O) groups is 1. The molecule has 1 aliphatic heterocycles. The predicted octanol–water partition coefficient (Wildman–Crippen LogP) is 0.0303. The highest BCUT2D eigenvalue weighted by atomic mass is 16.2. The van der Waals surface area contributed by atoms with Crippen molar-refractivity contribution in [3.63, 3.8) is 0 Å². The Bertz CT molecular complexity index is 253. The van der Waals surface area contributed by atoms with Gasteiger partial charge in [0.05, 0.1) is 5.54 Å². The minimum Gasteiger partial charge on any atom is -0.339 e. The molecule has 2 rings (SSSR count). The summed E-state index contributed by atoms with van der Waals surface area (Å²) in [6.45, 7) is 8.05. The third kappa shape index (κ3) is 2.16. The van der Waals surface area contributed by atoms with Crippen LogP contribution in [0.3, 0.4) is 0 Å². The average molecular weight is 211 g/mol. The van der Waals surface area contributed by atoms with Crippen LogP contribution < -0.4 is 5.73 Å². The van der Waals surface area contributed by atoms with Crippen molar-refractivity contribution >= 4 is 5.91 Å². The molecule has 2 fully saturated rings. The van der Waals surface area contributed by atoms with E-state index in [2.05, 4.69) is 18.7 Å². The van der Waals surface area contributed by atoms with E-state index in [1.165, 1.54) is 0 Å². The van der Waals surface area contributed by atoms with Crippen molar-refractivity contribution in [3.05, 3.63) is 0 Å². The lowest BCUT2D eigenvalue weighted by Crippen LogP contribution is -2.55. The van der Waals surface area contributed by atoms with Gasteiger partial charge < -0.3 is 10.6 Å². The number of hydrogen-bond acceptors (Lipinski definition) is 3. The van der Waals surface area contributed by atoms with E-state index in [1.807, 2.05) is 4.90 Å². The Labute approximate surface area is 91.4 Å². The summed E-state index contributed by atoms with van der Waals surface area (Å²) in [6, 6.07) is 0.579. The molecule has 1 aliphatic carbocycles. The van der Waals surface area contributed by atoms with Gasteiger partial charge >= 0.3 is 0 Å². The van der Waals surface area contributed by atoms with Gasteiger partial charge in [0.25, 0.3) is 0 Å². The van der Waals surface area contributed by atoms with Crippen molar-refractivity contribution in [2.75, 3.05) is 26.2 Å². The van der Waals surface area contributed by atoms with Crippen molar-refractivity contribution in [1.82, 2.24) is 9.80 Å². The molecular weight excluding hydrogens is 190 g/mol. The third-order valence-electron chi connectivity index (χ3n) is 3.55. The summed E-state index contributed by atoms with van der Waals surface area (Å²) in [7, 11) is 0. The molecule has 2 aliphatic rings. The van der Waals surface area contributed by atoms with Crippen molar-refractivity contribution in [1.29, 1.82) is 0 Å². The van der Waals surface area contributed by atoms with E-state index < -0.39 is 5.54 Å². The first-order valence-electron chi connectivity index (χ1n) is 5.85. The van der Waals surface area contributed by atoms with Gasteiger partial charge in [0, 0.05) is 32.2 Å². The fourth-order valence-electron chi connectivity index (χ4n) is 2.10. The standard InChI is InChI=1S/C11H21N3O/c1-9(2)13-5-7-14(8-6-13)10(15)11(12)3-4-11/h9H,3-8,12H2,1-2H3. The Hall–Kier alpha value is -0.610. The van der Waals surface area contributed by atoms with Crippen LogP contribution in [-0.4, -0.2) is 53.5 Å². The third-order valence-corrected chi connectivity index (χ3v) is 3.55. The first-order chi connectivity index (χ1) is 7.03. The molecule has 86 valence electrons. The summed E-state index contributed by atoms with van der Waals surface area (Å²) >= 11 is 0. The number of nitrogens with zero attached hydrogens (tertiary/aromatic N) is 2. The van der Waals surface area contributed by atoms with Crippen LogP contribution in [0.4, 0.5) is 0 Å². The van der Waals surface area contributed by atoms with Crippen LogP contribution >= 0.6 is 0 Å². The zero-order valence-electron chi connectivity index (χ0n) is 9.70. The van der Waals surface area contributed by atoms with E-state index in [0.29, 0.717) is 6.04 Å². The number of piperazine rings is 1. The van der Waals surface area contributed by atoms with Crippen LogP contribution in [0.25, 0.3) is 0 Å². The zero-order chi connectivity index (χ0) is 11.1. The molecule has 0 aromatic carbocycles. The highest BCUT2D eigenvalue weighted by molar-refractivity contribution is 5.89. The maximum Gasteiger partial charge on any atom is 0.242 e. The lowest BCUT2D eigenvalue weighted by Gasteiger charge is -2.37. The van der Waals surface area contributed by atoms with Crippen molar-refractivity contribution in [2.24, 2.45) is 5.73 Å². The highest BCUT2D eigenvalue weighted by Crippen LogP contribution is 2.34. The van der Waals surface area contributed by atoms with Crippen molar-refractivity contribution in [2.45, 2.75) is 38.3 Å². The molecule has 0 spiro atoms. The molecule has 1 heterocycles. The van der Waals surface area contributed by atoms with E-state index in [9.17, 15) is 4.79 Å². The summed E-state index contributed by atoms with van der Waals surface area (Å²) in [5, 5.41) is 0. The van der Waals surface area contributed by atoms with Crippen LogP contribution in [0.1, 0.15) is 26.7 Å². The topological polar surface area (TPSA) is 49.6 Å². The Balaban J connectivity index is 1.85. The zero-order valence-corrected chi connectivity index (χ0v) is 9.70. The normalized spacial score (nSPS) is 25.7. The second kappa shape index (κ2) is 3.76. The Morgan fingerprint density at radius 3 is 2.13 bits per heavy atom. The van der Waals surface area contributed by atoms with Crippen LogP contribution in [0.5, 0.6) is 0 Å². The second-order valence-electron chi connectivity index (χ2n) is 5.08. The molecule has 15 heavy (non-hydrogen) atoms. The predicted molar refractivity (Wildman–Crippen MR) is 59.4 cm³/mol. The smallest absolute Gasteiger partial charge is 0.242 e. The van der Waals surface area contributed by atoms with Gasteiger partial charge in [0.1, 0.15) is 0 Å². The summed E-state index contributed by atoms with van der Waals surface area (Å²) in [5.41, 5.74) is 5.42. The molecule has 1 saturated carbocycles. The van der Waals surface area contributed by atoms with Crippen LogP contribution in [0, 0.1) is 0 Å². The summed E-state index contributed by atoms with van der Waals surface area (Å²) in [6.07, 6.45) is 1.74. The fraction of sp³-hybridized carbons (Fsp3) is 0.909. The summed E-state index contributed by atoms with van der Waals surface area (Å²) < 4.78 is 0. The monoisotopic (exact) mass is 211 g/mol. The molecule has 4 heteroatoms. The molecule has 4 nitrogen and oxygen atoms in total. The van der Waals surface area contributed by atoms with E-state index in [1.54, 1.807) is 0 Å². The van der Waals surface area contributed by atoms with Gasteiger partial charge in [0.2, 0.25) is 5.91 Å². The van der Waals surface area contributed by atoms with E-state index in [-0.39, 0.29) is 5.91 Å². The highest BCUT2D eigenvalue weighted by Gasteiger charge is 2.48. The molecule has 0 atom stereocenters. The molecule has 0 unspecified atom stereocenters. The average Bonchev–Trinajstić information content (AvgIpc) is 2.97. The molecule has 1 saturated heterocycles. The number of hydrogen-bond donors (Lipinski definition) is 1. The first-order valence-corrected chi connectivity index (χ1v) is 5.85. The Morgan fingerprint density at radius 1 is 1.20 bits per heavy atom. The van der Waals surface area contributed by atoms with Gasteiger partial charge in [-0.15, -0.1) is 0 Å². The summed E-state index contributed by atoms with van der Waals surface area (Å²) in [5.74, 6) is 0.172. The molecule has 0 radical (unpaired) electrons. The van der Waals surface area contributed by atoms with E-state index >= 15 is 0 Å². The minimum absolute atomic E-state index is 0.172. The van der Waals surface area contributed by atoms with E-state index in [4.69, 9.17) is 5.73 Å². The molecular formula is C11H21N3O. The first kappa shape index (κ1) is 10.9. The Morgan fingerprint density at radius 2 is 1.73 bits per heavy atom. The quantitative estimate of drug-likeness (QED) is 0.701. The van der Waals surface area contributed by atoms with Crippen molar-refractivity contribution < 1.29 is 4.79 Å². The number of carbonyl (C=O) groups excluding carboxylic acids is 1. The number of rotatable bonds is 2. The molecule has 0 bridgehead atoms. The van der Waals surface area contributed by atoms with Gasteiger partial charge in [-0.25, -0.2) is 0 Å². The molecule has 0 aromatic heterocycles.